The summed E-state index contributed by atoms with van der Waals surface area (Å²) in [5.74, 6) is 0. The number of thioether (sulfide) groups is 1. The van der Waals surface area contributed by atoms with E-state index in [1.165, 1.54) is 5.56 Å². The molecule has 0 amide bonds. The summed E-state index contributed by atoms with van der Waals surface area (Å²) in [5, 5.41) is 2.01. The standard InChI is InChI=1S/C9H11N3S/c10-9-12(4-5-13-9)7-8-2-1-3-11-6-8/h1-6,9H,7,10H2. The van der Waals surface area contributed by atoms with Crippen molar-refractivity contribution in [2.45, 2.75) is 12.0 Å². The predicted octanol–water partition coefficient (Wildman–Crippen LogP) is 1.34. The van der Waals surface area contributed by atoms with Crippen LogP contribution in [0.25, 0.3) is 0 Å². The Balaban J connectivity index is 2.02. The van der Waals surface area contributed by atoms with Gasteiger partial charge in [0.25, 0.3) is 0 Å². The molecule has 0 saturated heterocycles. The average molecular weight is 193 g/mol. The maximum Gasteiger partial charge on any atom is 0.129 e. The highest BCUT2D eigenvalue weighted by molar-refractivity contribution is 8.02. The van der Waals surface area contributed by atoms with Crippen LogP contribution >= 0.6 is 11.8 Å². The molecule has 1 atom stereocenters. The van der Waals surface area contributed by atoms with Gasteiger partial charge in [0, 0.05) is 25.1 Å². The summed E-state index contributed by atoms with van der Waals surface area (Å²) in [4.78, 5) is 6.14. The van der Waals surface area contributed by atoms with Crippen molar-refractivity contribution in [1.82, 2.24) is 9.88 Å². The minimum atomic E-state index is 0.0557. The molecule has 3 nitrogen and oxygen atoms in total. The molecule has 1 aromatic rings. The summed E-state index contributed by atoms with van der Waals surface area (Å²) in [5.41, 5.74) is 7.07. The number of rotatable bonds is 2. The van der Waals surface area contributed by atoms with Crippen LogP contribution in [0.3, 0.4) is 0 Å². The van der Waals surface area contributed by atoms with Crippen LogP contribution < -0.4 is 5.73 Å². The van der Waals surface area contributed by atoms with Gasteiger partial charge < -0.3 is 10.6 Å². The topological polar surface area (TPSA) is 42.1 Å². The molecular formula is C9H11N3S. The summed E-state index contributed by atoms with van der Waals surface area (Å²) < 4.78 is 0. The lowest BCUT2D eigenvalue weighted by Gasteiger charge is -2.20. The van der Waals surface area contributed by atoms with Crippen molar-refractivity contribution in [2.75, 3.05) is 0 Å². The van der Waals surface area contributed by atoms with Crippen molar-refractivity contribution in [3.05, 3.63) is 41.7 Å². The van der Waals surface area contributed by atoms with E-state index < -0.39 is 0 Å². The highest BCUT2D eigenvalue weighted by atomic mass is 32.2. The highest BCUT2D eigenvalue weighted by Gasteiger charge is 2.14. The Morgan fingerprint density at radius 1 is 1.62 bits per heavy atom. The van der Waals surface area contributed by atoms with E-state index in [0.717, 1.165) is 6.54 Å². The Bertz CT molecular complexity index is 299. The molecule has 0 aromatic carbocycles. The molecule has 1 aromatic heterocycles. The van der Waals surface area contributed by atoms with Crippen molar-refractivity contribution in [2.24, 2.45) is 5.73 Å². The van der Waals surface area contributed by atoms with Crippen molar-refractivity contribution < 1.29 is 0 Å². The van der Waals surface area contributed by atoms with E-state index in [0.29, 0.717) is 0 Å². The fraction of sp³-hybridized carbons (Fsp3) is 0.222. The van der Waals surface area contributed by atoms with Crippen LogP contribution in [0.4, 0.5) is 0 Å². The van der Waals surface area contributed by atoms with Gasteiger partial charge >= 0.3 is 0 Å². The molecule has 2 N–H and O–H groups in total. The zero-order chi connectivity index (χ0) is 9.10. The second kappa shape index (κ2) is 3.81. The SMILES string of the molecule is NC1SC=CN1Cc1cccnc1. The third kappa shape index (κ3) is 2.02. The molecular weight excluding hydrogens is 182 g/mol. The normalized spacial score (nSPS) is 21.0. The lowest BCUT2D eigenvalue weighted by Crippen LogP contribution is -2.31. The summed E-state index contributed by atoms with van der Waals surface area (Å²) in [6.07, 6.45) is 5.66. The maximum absolute atomic E-state index is 5.83. The fourth-order valence-corrected chi connectivity index (χ4v) is 1.89. The third-order valence-electron chi connectivity index (χ3n) is 1.89. The lowest BCUT2D eigenvalue weighted by molar-refractivity contribution is 0.359. The molecule has 0 fully saturated rings. The molecule has 2 rings (SSSR count). The van der Waals surface area contributed by atoms with Crippen molar-refractivity contribution >= 4 is 11.8 Å². The predicted molar refractivity (Wildman–Crippen MR) is 54.5 cm³/mol. The van der Waals surface area contributed by atoms with E-state index in [4.69, 9.17) is 5.73 Å². The largest absolute Gasteiger partial charge is 0.349 e. The molecule has 0 spiro atoms. The van der Waals surface area contributed by atoms with Gasteiger partial charge in [-0.05, 0) is 17.0 Å². The molecule has 68 valence electrons. The Hall–Kier alpha value is -1.00. The molecule has 2 heterocycles. The molecule has 1 aliphatic rings. The Labute approximate surface area is 81.6 Å². The molecule has 0 aliphatic carbocycles. The summed E-state index contributed by atoms with van der Waals surface area (Å²) in [6.45, 7) is 0.832. The van der Waals surface area contributed by atoms with Crippen LogP contribution in [0.2, 0.25) is 0 Å². The van der Waals surface area contributed by atoms with Gasteiger partial charge in [-0.25, -0.2) is 0 Å². The van der Waals surface area contributed by atoms with E-state index in [1.54, 1.807) is 18.0 Å². The third-order valence-corrected chi connectivity index (χ3v) is 2.71. The van der Waals surface area contributed by atoms with Gasteiger partial charge in [0.05, 0.1) is 0 Å². The second-order valence-electron chi connectivity index (χ2n) is 2.85. The number of nitrogens with two attached hydrogens (primary N) is 1. The smallest absolute Gasteiger partial charge is 0.129 e. The number of hydrogen-bond acceptors (Lipinski definition) is 4. The molecule has 4 heteroatoms. The van der Waals surface area contributed by atoms with Crippen molar-refractivity contribution in [1.29, 1.82) is 0 Å². The second-order valence-corrected chi connectivity index (χ2v) is 3.87. The number of aromatic nitrogens is 1. The van der Waals surface area contributed by atoms with Gasteiger partial charge in [0.15, 0.2) is 0 Å². The van der Waals surface area contributed by atoms with E-state index in [9.17, 15) is 0 Å². The van der Waals surface area contributed by atoms with Crippen LogP contribution in [-0.4, -0.2) is 15.4 Å². The first kappa shape index (κ1) is 8.59. The Morgan fingerprint density at radius 2 is 2.54 bits per heavy atom. The molecule has 13 heavy (non-hydrogen) atoms. The van der Waals surface area contributed by atoms with E-state index in [-0.39, 0.29) is 5.50 Å². The van der Waals surface area contributed by atoms with Gasteiger partial charge in [0.2, 0.25) is 0 Å². The fourth-order valence-electron chi connectivity index (χ4n) is 1.20. The lowest BCUT2D eigenvalue weighted by atomic mass is 10.3. The van der Waals surface area contributed by atoms with E-state index in [2.05, 4.69) is 16.0 Å². The highest BCUT2D eigenvalue weighted by Crippen LogP contribution is 2.22. The van der Waals surface area contributed by atoms with Gasteiger partial charge in [-0.2, -0.15) is 0 Å². The van der Waals surface area contributed by atoms with Crippen LogP contribution in [0.1, 0.15) is 5.56 Å². The van der Waals surface area contributed by atoms with E-state index >= 15 is 0 Å². The first-order valence-electron chi connectivity index (χ1n) is 4.08. The quantitative estimate of drug-likeness (QED) is 0.769. The van der Waals surface area contributed by atoms with Gasteiger partial charge in [-0.3, -0.25) is 4.98 Å². The van der Waals surface area contributed by atoms with Crippen LogP contribution in [-0.2, 0) is 6.54 Å². The molecule has 1 unspecified atom stereocenters. The molecule has 0 saturated carbocycles. The monoisotopic (exact) mass is 193 g/mol. The van der Waals surface area contributed by atoms with Gasteiger partial charge in [-0.15, -0.1) is 0 Å². The number of hydrogen-bond donors (Lipinski definition) is 1. The zero-order valence-corrected chi connectivity index (χ0v) is 7.95. The van der Waals surface area contributed by atoms with Gasteiger partial charge in [0.1, 0.15) is 5.50 Å². The zero-order valence-electron chi connectivity index (χ0n) is 7.13. The Morgan fingerprint density at radius 3 is 3.15 bits per heavy atom. The van der Waals surface area contributed by atoms with Gasteiger partial charge in [-0.1, -0.05) is 17.8 Å². The minimum Gasteiger partial charge on any atom is -0.349 e. The van der Waals surface area contributed by atoms with Crippen molar-refractivity contribution in [3.63, 3.8) is 0 Å². The molecule has 0 radical (unpaired) electrons. The van der Waals surface area contributed by atoms with Crippen molar-refractivity contribution in [3.8, 4) is 0 Å². The average Bonchev–Trinajstić information content (AvgIpc) is 2.54. The molecule has 1 aliphatic heterocycles. The van der Waals surface area contributed by atoms with E-state index in [1.807, 2.05) is 23.9 Å². The van der Waals surface area contributed by atoms with Crippen LogP contribution in [0.5, 0.6) is 0 Å². The van der Waals surface area contributed by atoms with Crippen LogP contribution in [0.15, 0.2) is 36.1 Å². The van der Waals surface area contributed by atoms with Crippen LogP contribution in [0, 0.1) is 0 Å². The first-order valence-corrected chi connectivity index (χ1v) is 5.03. The number of nitrogens with zero attached hydrogens (tertiary/aromatic N) is 2. The summed E-state index contributed by atoms with van der Waals surface area (Å²) >= 11 is 1.63. The molecule has 0 bridgehead atoms. The summed E-state index contributed by atoms with van der Waals surface area (Å²) in [6, 6.07) is 3.99. The maximum atomic E-state index is 5.83. The summed E-state index contributed by atoms with van der Waals surface area (Å²) in [7, 11) is 0. The Kier molecular flexibility index (Phi) is 2.52. The number of pyridine rings is 1. The first-order chi connectivity index (χ1) is 6.36. The minimum absolute atomic E-state index is 0.0557.